The van der Waals surface area contributed by atoms with Crippen molar-refractivity contribution in [2.45, 2.75) is 43.7 Å². The Labute approximate surface area is 241 Å². The van der Waals surface area contributed by atoms with Crippen molar-refractivity contribution in [3.8, 4) is 6.07 Å². The number of carbonyl (C=O) groups is 2. The number of aliphatic hydroxyl groups excluding tert-OH is 1. The molecule has 1 spiro atoms. The highest BCUT2D eigenvalue weighted by Gasteiger charge is 2.66. The molecule has 5 rings (SSSR count). The van der Waals surface area contributed by atoms with Crippen molar-refractivity contribution in [3.63, 3.8) is 0 Å². The Bertz CT molecular complexity index is 1540. The fraction of sp³-hybridized carbons (Fsp3) is 0.300. The van der Waals surface area contributed by atoms with E-state index in [1.54, 1.807) is 48.5 Å². The zero-order valence-corrected chi connectivity index (χ0v) is 23.3. The van der Waals surface area contributed by atoms with E-state index in [2.05, 4.69) is 16.0 Å². The number of nitriles is 1. The lowest BCUT2D eigenvalue weighted by molar-refractivity contribution is -0.122. The van der Waals surface area contributed by atoms with Crippen LogP contribution in [0, 0.1) is 22.6 Å². The Hall–Kier alpha value is -3.48. The number of nitrogens with zero attached hydrogens (tertiary/aromatic N) is 1. The van der Waals surface area contributed by atoms with E-state index in [1.807, 2.05) is 19.9 Å². The normalized spacial score (nSPS) is 23.5. The molecule has 4 atom stereocenters. The first-order chi connectivity index (χ1) is 19.0. The van der Waals surface area contributed by atoms with Gasteiger partial charge in [0.15, 0.2) is 0 Å². The summed E-state index contributed by atoms with van der Waals surface area (Å²) in [5.74, 6) is -2.64. The second kappa shape index (κ2) is 10.5. The molecule has 1 saturated heterocycles. The summed E-state index contributed by atoms with van der Waals surface area (Å²) in [5.41, 5.74) is -0.0490. The van der Waals surface area contributed by atoms with Crippen LogP contribution in [-0.2, 0) is 15.0 Å². The van der Waals surface area contributed by atoms with Gasteiger partial charge in [0.25, 0.3) is 0 Å². The number of hydrogen-bond acceptors (Lipinski definition) is 5. The van der Waals surface area contributed by atoms with Crippen LogP contribution in [0.5, 0.6) is 0 Å². The Morgan fingerprint density at radius 3 is 2.58 bits per heavy atom. The molecular weight excluding hydrogens is 554 g/mol. The number of benzene rings is 3. The van der Waals surface area contributed by atoms with Crippen molar-refractivity contribution in [1.82, 2.24) is 5.32 Å². The zero-order chi connectivity index (χ0) is 28.8. The van der Waals surface area contributed by atoms with Gasteiger partial charge in [-0.3, -0.25) is 9.59 Å². The van der Waals surface area contributed by atoms with Crippen LogP contribution in [0.1, 0.15) is 42.9 Å². The van der Waals surface area contributed by atoms with Crippen LogP contribution in [0.4, 0.5) is 15.8 Å². The van der Waals surface area contributed by atoms with E-state index >= 15 is 4.39 Å². The summed E-state index contributed by atoms with van der Waals surface area (Å²) in [4.78, 5) is 28.1. The van der Waals surface area contributed by atoms with Gasteiger partial charge in [-0.25, -0.2) is 4.39 Å². The third-order valence-corrected chi connectivity index (χ3v) is 8.40. The van der Waals surface area contributed by atoms with Gasteiger partial charge in [0.1, 0.15) is 11.2 Å². The number of rotatable bonds is 6. The molecule has 1 fully saturated rings. The standard InChI is InChI=1S/C30H27Cl2FN4O3/c1-29(2,15-38)13-23-30(20-11-8-17(31)12-22(20)36-28(30)40)24(19-4-3-5-21(32)25(19)33)26(37-23)27(39)35-18-9-6-16(14-34)7-10-18/h3-12,23-24,26,37-38H,13,15H2,1-2H3,(H,35,39)(H,36,40)/t23-,24+,26+,30?/m0/s1. The smallest absolute Gasteiger partial charge is 0.242 e. The molecule has 0 aliphatic carbocycles. The molecule has 206 valence electrons. The summed E-state index contributed by atoms with van der Waals surface area (Å²) < 4.78 is 15.8. The molecule has 4 N–H and O–H groups in total. The molecule has 2 aliphatic heterocycles. The predicted molar refractivity (Wildman–Crippen MR) is 152 cm³/mol. The van der Waals surface area contributed by atoms with Gasteiger partial charge in [-0.15, -0.1) is 0 Å². The van der Waals surface area contributed by atoms with E-state index in [9.17, 15) is 14.7 Å². The van der Waals surface area contributed by atoms with E-state index in [0.717, 1.165) is 0 Å². The Morgan fingerprint density at radius 1 is 1.18 bits per heavy atom. The number of nitrogens with one attached hydrogen (secondary N) is 3. The molecule has 1 unspecified atom stereocenters. The van der Waals surface area contributed by atoms with Crippen molar-refractivity contribution in [3.05, 3.63) is 93.2 Å². The van der Waals surface area contributed by atoms with Gasteiger partial charge in [-0.2, -0.15) is 5.26 Å². The van der Waals surface area contributed by atoms with Crippen LogP contribution in [0.3, 0.4) is 0 Å². The number of amides is 2. The molecule has 2 aliphatic rings. The second-order valence-electron chi connectivity index (χ2n) is 11.0. The van der Waals surface area contributed by atoms with Gasteiger partial charge in [-0.1, -0.05) is 55.2 Å². The van der Waals surface area contributed by atoms with Crippen molar-refractivity contribution >= 4 is 46.4 Å². The van der Waals surface area contributed by atoms with E-state index < -0.39 is 46.5 Å². The maximum absolute atomic E-state index is 15.8. The molecule has 2 amide bonds. The highest BCUT2D eigenvalue weighted by molar-refractivity contribution is 6.31. The van der Waals surface area contributed by atoms with Crippen LogP contribution in [0.2, 0.25) is 10.0 Å². The molecule has 2 heterocycles. The van der Waals surface area contributed by atoms with Crippen molar-refractivity contribution in [1.29, 1.82) is 5.26 Å². The minimum Gasteiger partial charge on any atom is -0.396 e. The molecule has 10 heteroatoms. The minimum atomic E-state index is -1.44. The van der Waals surface area contributed by atoms with Gasteiger partial charge in [-0.05, 0) is 65.4 Å². The molecule has 3 aromatic carbocycles. The van der Waals surface area contributed by atoms with Gasteiger partial charge >= 0.3 is 0 Å². The number of fused-ring (bicyclic) bond motifs is 2. The van der Waals surface area contributed by atoms with Gasteiger partial charge < -0.3 is 21.1 Å². The largest absolute Gasteiger partial charge is 0.396 e. The van der Waals surface area contributed by atoms with Crippen LogP contribution in [-0.4, -0.2) is 35.6 Å². The highest BCUT2D eigenvalue weighted by atomic mass is 35.5. The van der Waals surface area contributed by atoms with Crippen LogP contribution < -0.4 is 16.0 Å². The molecule has 7 nitrogen and oxygen atoms in total. The van der Waals surface area contributed by atoms with Gasteiger partial charge in [0.2, 0.25) is 11.8 Å². The molecular formula is C30H27Cl2FN4O3. The van der Waals surface area contributed by atoms with Crippen molar-refractivity contribution in [2.75, 3.05) is 17.2 Å². The number of carbonyl (C=O) groups excluding carboxylic acids is 2. The lowest BCUT2D eigenvalue weighted by atomic mass is 9.62. The number of aliphatic hydroxyl groups is 1. The summed E-state index contributed by atoms with van der Waals surface area (Å²) in [6, 6.07) is 16.2. The Balaban J connectivity index is 1.71. The Kier molecular flexibility index (Phi) is 7.36. The summed E-state index contributed by atoms with van der Waals surface area (Å²) in [5, 5.41) is 28.7. The van der Waals surface area contributed by atoms with E-state index in [1.165, 1.54) is 12.1 Å². The predicted octanol–water partition coefficient (Wildman–Crippen LogP) is 5.37. The number of anilines is 2. The summed E-state index contributed by atoms with van der Waals surface area (Å²) >= 11 is 12.5. The zero-order valence-electron chi connectivity index (χ0n) is 21.8. The fourth-order valence-corrected chi connectivity index (χ4v) is 6.36. The first-order valence-electron chi connectivity index (χ1n) is 12.7. The first kappa shape index (κ1) is 28.1. The summed E-state index contributed by atoms with van der Waals surface area (Å²) in [7, 11) is 0. The van der Waals surface area contributed by atoms with E-state index in [-0.39, 0.29) is 23.6 Å². The molecule has 0 aromatic heterocycles. The minimum absolute atomic E-state index is 0.113. The fourth-order valence-electron chi connectivity index (χ4n) is 6.01. The maximum Gasteiger partial charge on any atom is 0.242 e. The second-order valence-corrected chi connectivity index (χ2v) is 11.9. The number of halogens is 3. The van der Waals surface area contributed by atoms with E-state index in [0.29, 0.717) is 27.5 Å². The van der Waals surface area contributed by atoms with Gasteiger partial charge in [0.05, 0.1) is 22.7 Å². The molecule has 3 aromatic rings. The lowest BCUT2D eigenvalue weighted by Gasteiger charge is -2.38. The molecule has 0 bridgehead atoms. The average molecular weight is 581 g/mol. The van der Waals surface area contributed by atoms with E-state index in [4.69, 9.17) is 28.5 Å². The number of hydrogen-bond donors (Lipinski definition) is 4. The Morgan fingerprint density at radius 2 is 1.90 bits per heavy atom. The average Bonchev–Trinajstić information content (AvgIpc) is 3.40. The third kappa shape index (κ3) is 4.63. The topological polar surface area (TPSA) is 114 Å². The highest BCUT2D eigenvalue weighted by Crippen LogP contribution is 2.57. The van der Waals surface area contributed by atoms with Gasteiger partial charge in [0, 0.05) is 35.0 Å². The first-order valence-corrected chi connectivity index (χ1v) is 13.5. The molecule has 0 saturated carbocycles. The molecule has 0 radical (unpaired) electrons. The summed E-state index contributed by atoms with van der Waals surface area (Å²) in [6.45, 7) is 3.54. The SMILES string of the molecule is CC(C)(CO)C[C@@H]1N[C@@H](C(=O)Nc2ccc(C#N)cc2)[C@@H](c2cccc(Cl)c2F)C12C(=O)Nc1cc(Cl)ccc12. The van der Waals surface area contributed by atoms with Crippen LogP contribution >= 0.6 is 23.2 Å². The molecule has 40 heavy (non-hydrogen) atoms. The van der Waals surface area contributed by atoms with Crippen molar-refractivity contribution in [2.24, 2.45) is 5.41 Å². The summed E-state index contributed by atoms with van der Waals surface area (Å²) in [6.07, 6.45) is 0.290. The lowest BCUT2D eigenvalue weighted by Crippen LogP contribution is -2.50. The monoisotopic (exact) mass is 580 g/mol. The maximum atomic E-state index is 15.8. The van der Waals surface area contributed by atoms with Crippen molar-refractivity contribution < 1.29 is 19.1 Å². The van der Waals surface area contributed by atoms with Crippen LogP contribution in [0.15, 0.2) is 60.7 Å². The third-order valence-electron chi connectivity index (χ3n) is 7.87. The quantitative estimate of drug-likeness (QED) is 0.313. The van der Waals surface area contributed by atoms with Crippen LogP contribution in [0.25, 0.3) is 0 Å².